The van der Waals surface area contributed by atoms with Crippen LogP contribution in [0, 0.1) is 6.92 Å². The maximum atomic E-state index is 14.1. The van der Waals surface area contributed by atoms with Gasteiger partial charge in [0.2, 0.25) is 5.91 Å². The number of nitrogens with two attached hydrogens (primary N) is 2. The molecule has 0 aliphatic rings. The number of aromatic nitrogens is 4. The second-order valence-electron chi connectivity index (χ2n) is 7.28. The normalized spacial score (nSPS) is 11.6. The molecule has 0 aliphatic heterocycles. The third-order valence-corrected chi connectivity index (χ3v) is 5.18. The quantitative estimate of drug-likeness (QED) is 0.479. The zero-order valence-corrected chi connectivity index (χ0v) is 17.2. The van der Waals surface area contributed by atoms with Crippen LogP contribution in [0.1, 0.15) is 37.8 Å². The monoisotopic (exact) mass is 454 g/mol. The predicted molar refractivity (Wildman–Crippen MR) is 113 cm³/mol. The van der Waals surface area contributed by atoms with Crippen LogP contribution >= 0.6 is 0 Å². The topological polar surface area (TPSA) is 130 Å². The fraction of sp³-hybridized carbons (Fsp3) is 0.136. The number of primary amides is 2. The van der Waals surface area contributed by atoms with Crippen molar-refractivity contribution in [3.8, 4) is 11.1 Å². The van der Waals surface area contributed by atoms with E-state index < -0.39 is 34.9 Å². The van der Waals surface area contributed by atoms with E-state index in [1.165, 1.54) is 31.5 Å². The van der Waals surface area contributed by atoms with E-state index in [1.54, 1.807) is 24.3 Å². The first kappa shape index (κ1) is 21.9. The zero-order valence-electron chi connectivity index (χ0n) is 17.2. The first-order chi connectivity index (χ1) is 15.6. The summed E-state index contributed by atoms with van der Waals surface area (Å²) in [5, 5.41) is 3.97. The summed E-state index contributed by atoms with van der Waals surface area (Å²) >= 11 is 0. The molecule has 0 saturated heterocycles. The second-order valence-corrected chi connectivity index (χ2v) is 7.28. The van der Waals surface area contributed by atoms with Gasteiger partial charge >= 0.3 is 6.18 Å². The lowest BCUT2D eigenvalue weighted by molar-refractivity contribution is -0.141. The molecule has 4 rings (SSSR count). The van der Waals surface area contributed by atoms with E-state index in [2.05, 4.69) is 15.1 Å². The molecule has 0 radical (unpaired) electrons. The average molecular weight is 454 g/mol. The Morgan fingerprint density at radius 3 is 2.27 bits per heavy atom. The molecular formula is C22H17F3N6O2. The number of halogens is 3. The van der Waals surface area contributed by atoms with Crippen molar-refractivity contribution in [2.24, 2.45) is 11.5 Å². The SMILES string of the molecule is Cc1c(-c2c(C(N)=O)nc3ccccc3c2C(N)=O)c(C(F)(F)F)nn1Cc1ccncc1. The Kier molecular flexibility index (Phi) is 5.32. The molecule has 2 amide bonds. The molecule has 0 spiro atoms. The van der Waals surface area contributed by atoms with Crippen LogP contribution in [-0.4, -0.2) is 31.6 Å². The first-order valence-electron chi connectivity index (χ1n) is 9.65. The van der Waals surface area contributed by atoms with Crippen LogP contribution in [0.3, 0.4) is 0 Å². The van der Waals surface area contributed by atoms with Crippen molar-refractivity contribution in [3.05, 3.63) is 77.0 Å². The van der Waals surface area contributed by atoms with Gasteiger partial charge in [-0.1, -0.05) is 18.2 Å². The summed E-state index contributed by atoms with van der Waals surface area (Å²) in [6, 6.07) is 9.44. The van der Waals surface area contributed by atoms with Gasteiger partial charge in [-0.05, 0) is 30.7 Å². The van der Waals surface area contributed by atoms with Gasteiger partial charge in [-0.3, -0.25) is 19.3 Å². The summed E-state index contributed by atoms with van der Waals surface area (Å²) in [5.74, 6) is -2.13. The molecule has 0 bridgehead atoms. The van der Waals surface area contributed by atoms with E-state index in [-0.39, 0.29) is 34.3 Å². The fourth-order valence-electron chi connectivity index (χ4n) is 3.75. The number of hydrogen-bond acceptors (Lipinski definition) is 5. The number of carbonyl (C=O) groups excluding carboxylic acids is 2. The minimum absolute atomic E-state index is 0.00372. The summed E-state index contributed by atoms with van der Waals surface area (Å²) in [5.41, 5.74) is 9.04. The molecule has 0 unspecified atom stereocenters. The van der Waals surface area contributed by atoms with Gasteiger partial charge in [0.15, 0.2) is 5.69 Å². The van der Waals surface area contributed by atoms with Crippen molar-refractivity contribution in [2.75, 3.05) is 0 Å². The highest BCUT2D eigenvalue weighted by atomic mass is 19.4. The van der Waals surface area contributed by atoms with Gasteiger partial charge in [-0.2, -0.15) is 18.3 Å². The third kappa shape index (κ3) is 3.88. The lowest BCUT2D eigenvalue weighted by atomic mass is 9.92. The largest absolute Gasteiger partial charge is 0.435 e. The van der Waals surface area contributed by atoms with Gasteiger partial charge in [0.1, 0.15) is 5.69 Å². The van der Waals surface area contributed by atoms with E-state index in [0.29, 0.717) is 5.56 Å². The van der Waals surface area contributed by atoms with Gasteiger partial charge in [0.25, 0.3) is 5.91 Å². The van der Waals surface area contributed by atoms with E-state index >= 15 is 0 Å². The molecule has 0 aliphatic carbocycles. The number of para-hydroxylation sites is 1. The molecule has 3 heterocycles. The average Bonchev–Trinajstić information content (AvgIpc) is 3.09. The Morgan fingerprint density at radius 2 is 1.67 bits per heavy atom. The van der Waals surface area contributed by atoms with Crippen molar-refractivity contribution < 1.29 is 22.8 Å². The Balaban J connectivity index is 2.11. The molecule has 3 aromatic heterocycles. The van der Waals surface area contributed by atoms with E-state index in [1.807, 2.05) is 0 Å². The Bertz CT molecular complexity index is 1400. The molecule has 4 N–H and O–H groups in total. The van der Waals surface area contributed by atoms with E-state index in [0.717, 1.165) is 4.68 Å². The molecule has 33 heavy (non-hydrogen) atoms. The van der Waals surface area contributed by atoms with Crippen molar-refractivity contribution >= 4 is 22.7 Å². The summed E-state index contributed by atoms with van der Waals surface area (Å²) in [6.45, 7) is 1.40. The molecule has 0 fully saturated rings. The van der Waals surface area contributed by atoms with Crippen molar-refractivity contribution in [1.82, 2.24) is 19.7 Å². The van der Waals surface area contributed by atoms with Crippen molar-refractivity contribution in [3.63, 3.8) is 0 Å². The van der Waals surface area contributed by atoms with Gasteiger partial charge in [-0.25, -0.2) is 4.98 Å². The summed E-state index contributed by atoms with van der Waals surface area (Å²) in [6.07, 6.45) is -1.90. The summed E-state index contributed by atoms with van der Waals surface area (Å²) in [7, 11) is 0. The standard InChI is InChI=1S/C22H17F3N6O2/c1-11-15(19(22(23,24)25)30-31(11)10-12-6-8-28-9-7-12)17-16(20(26)32)13-4-2-3-5-14(13)29-18(17)21(27)33/h2-9H,10H2,1H3,(H2,26,32)(H2,27,33). The Labute approximate surface area is 185 Å². The number of benzene rings is 1. The van der Waals surface area contributed by atoms with Gasteiger partial charge < -0.3 is 11.5 Å². The smallest absolute Gasteiger partial charge is 0.366 e. The minimum atomic E-state index is -4.90. The predicted octanol–water partition coefficient (Wildman–Crippen LogP) is 3.07. The first-order valence-corrected chi connectivity index (χ1v) is 9.65. The van der Waals surface area contributed by atoms with E-state index in [9.17, 15) is 22.8 Å². The Hall–Kier alpha value is -4.28. The van der Waals surface area contributed by atoms with Crippen LogP contribution in [-0.2, 0) is 12.7 Å². The van der Waals surface area contributed by atoms with E-state index in [4.69, 9.17) is 11.5 Å². The maximum absolute atomic E-state index is 14.1. The lowest BCUT2D eigenvalue weighted by Gasteiger charge is -2.16. The number of alkyl halides is 3. The minimum Gasteiger partial charge on any atom is -0.366 e. The number of pyridine rings is 2. The number of nitrogens with zero attached hydrogens (tertiary/aromatic N) is 4. The van der Waals surface area contributed by atoms with Crippen LogP contribution in [0.2, 0.25) is 0 Å². The van der Waals surface area contributed by atoms with Crippen LogP contribution in [0.5, 0.6) is 0 Å². The van der Waals surface area contributed by atoms with Crippen LogP contribution in [0.4, 0.5) is 13.2 Å². The molecular weight excluding hydrogens is 437 g/mol. The molecule has 4 aromatic rings. The number of rotatable bonds is 5. The van der Waals surface area contributed by atoms with Gasteiger partial charge in [0.05, 0.1) is 17.6 Å². The van der Waals surface area contributed by atoms with Crippen molar-refractivity contribution in [1.29, 1.82) is 0 Å². The van der Waals surface area contributed by atoms with Crippen LogP contribution < -0.4 is 11.5 Å². The fourth-order valence-corrected chi connectivity index (χ4v) is 3.75. The highest BCUT2D eigenvalue weighted by Crippen LogP contribution is 2.42. The second kappa shape index (κ2) is 8.01. The number of carbonyl (C=O) groups is 2. The molecule has 8 nitrogen and oxygen atoms in total. The van der Waals surface area contributed by atoms with Gasteiger partial charge in [0, 0.05) is 34.6 Å². The van der Waals surface area contributed by atoms with Crippen LogP contribution in [0.25, 0.3) is 22.0 Å². The highest BCUT2D eigenvalue weighted by molar-refractivity contribution is 6.15. The maximum Gasteiger partial charge on any atom is 0.435 e. The molecule has 11 heteroatoms. The molecule has 0 saturated carbocycles. The molecule has 0 atom stereocenters. The third-order valence-electron chi connectivity index (χ3n) is 5.18. The Morgan fingerprint density at radius 1 is 1.00 bits per heavy atom. The summed E-state index contributed by atoms with van der Waals surface area (Å²) in [4.78, 5) is 32.8. The highest BCUT2D eigenvalue weighted by Gasteiger charge is 2.41. The lowest BCUT2D eigenvalue weighted by Crippen LogP contribution is -2.21. The molecule has 1 aromatic carbocycles. The zero-order chi connectivity index (χ0) is 23.9. The van der Waals surface area contributed by atoms with Crippen LogP contribution in [0.15, 0.2) is 48.8 Å². The summed E-state index contributed by atoms with van der Waals surface area (Å²) < 4.78 is 43.5. The van der Waals surface area contributed by atoms with Gasteiger partial charge in [-0.15, -0.1) is 0 Å². The number of fused-ring (bicyclic) bond motifs is 1. The van der Waals surface area contributed by atoms with Crippen molar-refractivity contribution in [2.45, 2.75) is 19.6 Å². The number of hydrogen-bond donors (Lipinski definition) is 2. The molecule has 168 valence electrons. The number of amides is 2.